The molecule has 2 aromatic rings. The van der Waals surface area contributed by atoms with E-state index in [4.69, 9.17) is 9.68 Å². The van der Waals surface area contributed by atoms with E-state index in [1.165, 1.54) is 18.4 Å². The van der Waals surface area contributed by atoms with Gasteiger partial charge in [0.25, 0.3) is 0 Å². The summed E-state index contributed by atoms with van der Waals surface area (Å²) in [6, 6.07) is 11.5. The maximum atomic E-state index is 12.0. The summed E-state index contributed by atoms with van der Waals surface area (Å²) in [5.74, 6) is 0.705. The van der Waals surface area contributed by atoms with E-state index in [9.17, 15) is 8.42 Å². The third kappa shape index (κ3) is 3.22. The zero-order chi connectivity index (χ0) is 13.7. The van der Waals surface area contributed by atoms with Crippen LogP contribution in [0.3, 0.4) is 0 Å². The summed E-state index contributed by atoms with van der Waals surface area (Å²) in [7, 11) is -3.67. The zero-order valence-electron chi connectivity index (χ0n) is 10.0. The van der Waals surface area contributed by atoms with Gasteiger partial charge in [0, 0.05) is 13.0 Å². The van der Waals surface area contributed by atoms with Crippen molar-refractivity contribution in [1.82, 2.24) is 4.72 Å². The average molecular weight is 276 g/mol. The molecule has 0 atom stereocenters. The highest BCUT2D eigenvalue weighted by Gasteiger charge is 2.17. The van der Waals surface area contributed by atoms with E-state index < -0.39 is 10.0 Å². The summed E-state index contributed by atoms with van der Waals surface area (Å²) < 4.78 is 31.7. The Labute approximate surface area is 111 Å². The van der Waals surface area contributed by atoms with Crippen LogP contribution in [0.4, 0.5) is 0 Å². The molecule has 1 N–H and O–H groups in total. The van der Waals surface area contributed by atoms with E-state index in [2.05, 4.69) is 4.72 Å². The van der Waals surface area contributed by atoms with Crippen LogP contribution in [0.5, 0.6) is 0 Å². The average Bonchev–Trinajstić information content (AvgIpc) is 2.91. The normalized spacial score (nSPS) is 11.1. The monoisotopic (exact) mass is 276 g/mol. The number of nitrogens with zero attached hydrogens (tertiary/aromatic N) is 1. The number of sulfonamides is 1. The Morgan fingerprint density at radius 1 is 1.21 bits per heavy atom. The number of furan rings is 1. The fourth-order valence-electron chi connectivity index (χ4n) is 1.63. The van der Waals surface area contributed by atoms with Gasteiger partial charge < -0.3 is 4.42 Å². The third-order valence-corrected chi connectivity index (χ3v) is 4.06. The maximum Gasteiger partial charge on any atom is 0.241 e. The van der Waals surface area contributed by atoms with Crippen molar-refractivity contribution in [2.24, 2.45) is 0 Å². The van der Waals surface area contributed by atoms with E-state index in [0.29, 0.717) is 12.2 Å². The minimum absolute atomic E-state index is 0.00283. The second kappa shape index (κ2) is 5.69. The lowest BCUT2D eigenvalue weighted by Gasteiger charge is -2.07. The molecule has 0 amide bonds. The second-order valence-corrected chi connectivity index (χ2v) is 5.57. The lowest BCUT2D eigenvalue weighted by atomic mass is 10.2. The molecule has 2 rings (SSSR count). The fraction of sp³-hybridized carbons (Fsp3) is 0.154. The van der Waals surface area contributed by atoms with Crippen LogP contribution in [0.25, 0.3) is 0 Å². The molecule has 0 aliphatic carbocycles. The lowest BCUT2D eigenvalue weighted by Crippen LogP contribution is -2.26. The Morgan fingerprint density at radius 2 is 2.00 bits per heavy atom. The topological polar surface area (TPSA) is 83.1 Å². The quantitative estimate of drug-likeness (QED) is 0.900. The molecule has 0 aliphatic rings. The van der Waals surface area contributed by atoms with Gasteiger partial charge in [0.05, 0.1) is 16.7 Å². The number of hydrogen-bond donors (Lipinski definition) is 1. The molecule has 0 radical (unpaired) electrons. The van der Waals surface area contributed by atoms with Crippen LogP contribution in [-0.4, -0.2) is 15.0 Å². The first kappa shape index (κ1) is 13.3. The Bertz CT molecular complexity index is 685. The SMILES string of the molecule is N#Cc1ccccc1S(=O)(=O)NCCc1ccco1. The van der Waals surface area contributed by atoms with Crippen LogP contribution in [-0.2, 0) is 16.4 Å². The predicted molar refractivity (Wildman–Crippen MR) is 68.8 cm³/mol. The van der Waals surface area contributed by atoms with Crippen LogP contribution in [0, 0.1) is 11.3 Å². The molecule has 0 spiro atoms. The summed E-state index contributed by atoms with van der Waals surface area (Å²) >= 11 is 0. The Morgan fingerprint density at radius 3 is 2.68 bits per heavy atom. The van der Waals surface area contributed by atoms with Crippen LogP contribution in [0.2, 0.25) is 0 Å². The minimum atomic E-state index is -3.67. The molecule has 1 heterocycles. The van der Waals surface area contributed by atoms with Gasteiger partial charge >= 0.3 is 0 Å². The number of rotatable bonds is 5. The van der Waals surface area contributed by atoms with Gasteiger partial charge in [-0.3, -0.25) is 0 Å². The van der Waals surface area contributed by atoms with E-state index in [-0.39, 0.29) is 17.0 Å². The van der Waals surface area contributed by atoms with Gasteiger partial charge in [0.2, 0.25) is 10.0 Å². The summed E-state index contributed by atoms with van der Waals surface area (Å²) in [5, 5.41) is 8.90. The maximum absolute atomic E-state index is 12.0. The highest BCUT2D eigenvalue weighted by Crippen LogP contribution is 2.14. The van der Waals surface area contributed by atoms with Crippen molar-refractivity contribution in [2.45, 2.75) is 11.3 Å². The van der Waals surface area contributed by atoms with Crippen LogP contribution < -0.4 is 4.72 Å². The number of nitrogens with one attached hydrogen (secondary N) is 1. The first-order chi connectivity index (χ1) is 9.13. The van der Waals surface area contributed by atoms with Crippen LogP contribution in [0.1, 0.15) is 11.3 Å². The van der Waals surface area contributed by atoms with Crippen LogP contribution in [0.15, 0.2) is 52.0 Å². The lowest BCUT2D eigenvalue weighted by molar-refractivity contribution is 0.506. The van der Waals surface area contributed by atoms with Gasteiger partial charge in [-0.15, -0.1) is 0 Å². The highest BCUT2D eigenvalue weighted by atomic mass is 32.2. The predicted octanol–water partition coefficient (Wildman–Crippen LogP) is 1.67. The number of hydrogen-bond acceptors (Lipinski definition) is 4. The molecule has 0 saturated heterocycles. The molecule has 0 fully saturated rings. The Hall–Kier alpha value is -2.10. The Balaban J connectivity index is 2.08. The van der Waals surface area contributed by atoms with Gasteiger partial charge in [0.15, 0.2) is 0 Å². The van der Waals surface area contributed by atoms with Crippen molar-refractivity contribution >= 4 is 10.0 Å². The molecule has 1 aromatic carbocycles. The van der Waals surface area contributed by atoms with Gasteiger partial charge in [-0.2, -0.15) is 5.26 Å². The molecule has 19 heavy (non-hydrogen) atoms. The summed E-state index contributed by atoms with van der Waals surface area (Å²) in [4.78, 5) is -0.00283. The van der Waals surface area contributed by atoms with Gasteiger partial charge in [-0.25, -0.2) is 13.1 Å². The molecule has 0 saturated carbocycles. The molecule has 6 heteroatoms. The second-order valence-electron chi connectivity index (χ2n) is 3.84. The summed E-state index contributed by atoms with van der Waals surface area (Å²) in [6.07, 6.45) is 2.00. The van der Waals surface area contributed by atoms with E-state index in [1.54, 1.807) is 24.3 Å². The number of benzene rings is 1. The van der Waals surface area contributed by atoms with Gasteiger partial charge in [-0.05, 0) is 24.3 Å². The molecule has 1 aromatic heterocycles. The largest absolute Gasteiger partial charge is 0.469 e. The van der Waals surface area contributed by atoms with Crippen molar-refractivity contribution in [3.8, 4) is 6.07 Å². The molecule has 0 unspecified atom stereocenters. The molecule has 0 bridgehead atoms. The zero-order valence-corrected chi connectivity index (χ0v) is 10.9. The first-order valence-corrected chi connectivity index (χ1v) is 7.13. The molecular formula is C13H12N2O3S. The third-order valence-electron chi connectivity index (χ3n) is 2.54. The molecule has 0 aliphatic heterocycles. The molecular weight excluding hydrogens is 264 g/mol. The molecule has 5 nitrogen and oxygen atoms in total. The number of nitriles is 1. The summed E-state index contributed by atoms with van der Waals surface area (Å²) in [6.45, 7) is 0.218. The van der Waals surface area contributed by atoms with Gasteiger partial charge in [0.1, 0.15) is 11.8 Å². The van der Waals surface area contributed by atoms with E-state index in [0.717, 1.165) is 0 Å². The van der Waals surface area contributed by atoms with E-state index >= 15 is 0 Å². The van der Waals surface area contributed by atoms with Crippen LogP contribution >= 0.6 is 0 Å². The summed E-state index contributed by atoms with van der Waals surface area (Å²) in [5.41, 5.74) is 0.132. The van der Waals surface area contributed by atoms with Crippen molar-refractivity contribution in [1.29, 1.82) is 5.26 Å². The first-order valence-electron chi connectivity index (χ1n) is 5.64. The van der Waals surface area contributed by atoms with Crippen molar-refractivity contribution in [2.75, 3.05) is 6.54 Å². The van der Waals surface area contributed by atoms with Gasteiger partial charge in [-0.1, -0.05) is 12.1 Å². The van der Waals surface area contributed by atoms with Crippen molar-refractivity contribution in [3.63, 3.8) is 0 Å². The standard InChI is InChI=1S/C13H12N2O3S/c14-10-11-4-1-2-6-13(11)19(16,17)15-8-7-12-5-3-9-18-12/h1-6,9,15H,7-8H2. The molecule has 98 valence electrons. The highest BCUT2D eigenvalue weighted by molar-refractivity contribution is 7.89. The fourth-order valence-corrected chi connectivity index (χ4v) is 2.82. The van der Waals surface area contributed by atoms with Crippen molar-refractivity contribution < 1.29 is 12.8 Å². The Kier molecular flexibility index (Phi) is 4.00. The van der Waals surface area contributed by atoms with Crippen molar-refractivity contribution in [3.05, 3.63) is 54.0 Å². The van der Waals surface area contributed by atoms with E-state index in [1.807, 2.05) is 6.07 Å². The smallest absolute Gasteiger partial charge is 0.241 e. The minimum Gasteiger partial charge on any atom is -0.469 e.